The first-order chi connectivity index (χ1) is 9.50. The SMILES string of the molecule is CNCC1CCC(C(C)(C)C)CC1Cc1ccccn1. The van der Waals surface area contributed by atoms with Crippen LogP contribution >= 0.6 is 0 Å². The molecule has 3 atom stereocenters. The van der Waals surface area contributed by atoms with Crippen molar-refractivity contribution in [3.05, 3.63) is 30.1 Å². The van der Waals surface area contributed by atoms with Crippen molar-refractivity contribution in [2.24, 2.45) is 23.2 Å². The van der Waals surface area contributed by atoms with E-state index < -0.39 is 0 Å². The van der Waals surface area contributed by atoms with E-state index in [1.54, 1.807) is 0 Å². The predicted molar refractivity (Wildman–Crippen MR) is 85.6 cm³/mol. The van der Waals surface area contributed by atoms with E-state index >= 15 is 0 Å². The Labute approximate surface area is 124 Å². The molecule has 2 heteroatoms. The number of nitrogens with one attached hydrogen (secondary N) is 1. The average molecular weight is 274 g/mol. The summed E-state index contributed by atoms with van der Waals surface area (Å²) in [4.78, 5) is 4.53. The predicted octanol–water partition coefficient (Wildman–Crippen LogP) is 3.92. The lowest BCUT2D eigenvalue weighted by molar-refractivity contribution is 0.0975. The van der Waals surface area contributed by atoms with Crippen molar-refractivity contribution in [1.29, 1.82) is 0 Å². The van der Waals surface area contributed by atoms with Crippen molar-refractivity contribution in [3.63, 3.8) is 0 Å². The van der Waals surface area contributed by atoms with Crippen molar-refractivity contribution in [1.82, 2.24) is 10.3 Å². The van der Waals surface area contributed by atoms with Crippen LogP contribution in [0.3, 0.4) is 0 Å². The summed E-state index contributed by atoms with van der Waals surface area (Å²) in [5.74, 6) is 2.43. The van der Waals surface area contributed by atoms with E-state index in [-0.39, 0.29) is 0 Å². The van der Waals surface area contributed by atoms with Crippen LogP contribution in [-0.4, -0.2) is 18.6 Å². The Morgan fingerprint density at radius 3 is 2.60 bits per heavy atom. The fourth-order valence-electron chi connectivity index (χ4n) is 3.68. The molecule has 1 aromatic heterocycles. The van der Waals surface area contributed by atoms with Gasteiger partial charge in [-0.3, -0.25) is 4.98 Å². The molecule has 0 spiro atoms. The highest BCUT2D eigenvalue weighted by atomic mass is 14.8. The Balaban J connectivity index is 2.07. The molecule has 112 valence electrons. The van der Waals surface area contributed by atoms with E-state index in [9.17, 15) is 0 Å². The number of nitrogens with zero attached hydrogens (tertiary/aromatic N) is 1. The zero-order valence-electron chi connectivity index (χ0n) is 13.5. The van der Waals surface area contributed by atoms with Crippen LogP contribution in [0.1, 0.15) is 45.7 Å². The first-order valence-corrected chi connectivity index (χ1v) is 8.05. The Bertz CT molecular complexity index is 394. The number of hydrogen-bond acceptors (Lipinski definition) is 2. The third-order valence-corrected chi connectivity index (χ3v) is 5.03. The van der Waals surface area contributed by atoms with Crippen LogP contribution in [-0.2, 0) is 6.42 Å². The maximum Gasteiger partial charge on any atom is 0.0406 e. The van der Waals surface area contributed by atoms with E-state index in [1.165, 1.54) is 25.0 Å². The summed E-state index contributed by atoms with van der Waals surface area (Å²) in [7, 11) is 2.08. The van der Waals surface area contributed by atoms with Crippen molar-refractivity contribution in [2.45, 2.75) is 46.5 Å². The first kappa shape index (κ1) is 15.5. The second kappa shape index (κ2) is 6.71. The normalized spacial score (nSPS) is 27.5. The number of rotatable bonds is 4. The summed E-state index contributed by atoms with van der Waals surface area (Å²) in [6.07, 6.45) is 7.16. The van der Waals surface area contributed by atoms with Crippen molar-refractivity contribution in [2.75, 3.05) is 13.6 Å². The molecule has 0 saturated heterocycles. The smallest absolute Gasteiger partial charge is 0.0406 e. The van der Waals surface area contributed by atoms with Gasteiger partial charge in [0.25, 0.3) is 0 Å². The molecule has 1 heterocycles. The fraction of sp³-hybridized carbons (Fsp3) is 0.722. The molecular weight excluding hydrogens is 244 g/mol. The fourth-order valence-corrected chi connectivity index (χ4v) is 3.68. The lowest BCUT2D eigenvalue weighted by Gasteiger charge is -2.42. The highest BCUT2D eigenvalue weighted by Gasteiger charge is 2.35. The molecule has 1 N–H and O–H groups in total. The van der Waals surface area contributed by atoms with Crippen molar-refractivity contribution < 1.29 is 0 Å². The summed E-state index contributed by atoms with van der Waals surface area (Å²) in [5.41, 5.74) is 1.70. The Morgan fingerprint density at radius 1 is 1.20 bits per heavy atom. The van der Waals surface area contributed by atoms with E-state index in [2.05, 4.69) is 50.3 Å². The van der Waals surface area contributed by atoms with Gasteiger partial charge >= 0.3 is 0 Å². The molecule has 3 unspecified atom stereocenters. The van der Waals surface area contributed by atoms with E-state index in [1.807, 2.05) is 12.3 Å². The van der Waals surface area contributed by atoms with Crippen LogP contribution in [0, 0.1) is 23.2 Å². The third kappa shape index (κ3) is 4.05. The summed E-state index contributed by atoms with van der Waals surface area (Å²) in [6.45, 7) is 8.34. The zero-order valence-corrected chi connectivity index (χ0v) is 13.5. The second-order valence-electron chi connectivity index (χ2n) is 7.48. The summed E-state index contributed by atoms with van der Waals surface area (Å²) < 4.78 is 0. The lowest BCUT2D eigenvalue weighted by atomic mass is 9.64. The molecule has 0 amide bonds. The maximum absolute atomic E-state index is 4.53. The monoisotopic (exact) mass is 274 g/mol. The van der Waals surface area contributed by atoms with Crippen LogP contribution in [0.2, 0.25) is 0 Å². The highest BCUT2D eigenvalue weighted by Crippen LogP contribution is 2.43. The van der Waals surface area contributed by atoms with Crippen LogP contribution in [0.25, 0.3) is 0 Å². The largest absolute Gasteiger partial charge is 0.319 e. The first-order valence-electron chi connectivity index (χ1n) is 8.05. The number of hydrogen-bond donors (Lipinski definition) is 1. The topological polar surface area (TPSA) is 24.9 Å². The van der Waals surface area contributed by atoms with Crippen LogP contribution in [0.4, 0.5) is 0 Å². The molecular formula is C18H30N2. The van der Waals surface area contributed by atoms with Gasteiger partial charge in [0.2, 0.25) is 0 Å². The molecule has 0 radical (unpaired) electrons. The molecule has 0 aliphatic heterocycles. The minimum Gasteiger partial charge on any atom is -0.319 e. The number of pyridine rings is 1. The van der Waals surface area contributed by atoms with Crippen molar-refractivity contribution >= 4 is 0 Å². The third-order valence-electron chi connectivity index (χ3n) is 5.03. The minimum atomic E-state index is 0.437. The van der Waals surface area contributed by atoms with Gasteiger partial charge in [-0.25, -0.2) is 0 Å². The summed E-state index contributed by atoms with van der Waals surface area (Å²) in [6, 6.07) is 6.30. The van der Waals surface area contributed by atoms with Crippen LogP contribution < -0.4 is 5.32 Å². The second-order valence-corrected chi connectivity index (χ2v) is 7.48. The van der Waals surface area contributed by atoms with E-state index in [4.69, 9.17) is 0 Å². The summed E-state index contributed by atoms with van der Waals surface area (Å²) >= 11 is 0. The average Bonchev–Trinajstić information content (AvgIpc) is 2.41. The quantitative estimate of drug-likeness (QED) is 0.900. The van der Waals surface area contributed by atoms with Gasteiger partial charge in [0.05, 0.1) is 0 Å². The molecule has 1 fully saturated rings. The van der Waals surface area contributed by atoms with Gasteiger partial charge < -0.3 is 5.32 Å². The van der Waals surface area contributed by atoms with Crippen LogP contribution in [0.15, 0.2) is 24.4 Å². The van der Waals surface area contributed by atoms with Gasteiger partial charge in [0.1, 0.15) is 0 Å². The molecule has 0 aromatic carbocycles. The standard InChI is InChI=1S/C18H30N2/c1-18(2,3)16-9-8-14(13-19-4)15(11-16)12-17-7-5-6-10-20-17/h5-7,10,14-16,19H,8-9,11-13H2,1-4H3. The molecule has 1 aliphatic carbocycles. The van der Waals surface area contributed by atoms with Gasteiger partial charge in [0, 0.05) is 11.9 Å². The van der Waals surface area contributed by atoms with E-state index in [0.717, 1.165) is 30.7 Å². The number of aromatic nitrogens is 1. The zero-order chi connectivity index (χ0) is 14.6. The highest BCUT2D eigenvalue weighted by molar-refractivity contribution is 5.05. The van der Waals surface area contributed by atoms with Gasteiger partial charge in [-0.2, -0.15) is 0 Å². The molecule has 1 aliphatic rings. The minimum absolute atomic E-state index is 0.437. The molecule has 1 aromatic rings. The van der Waals surface area contributed by atoms with Gasteiger partial charge in [-0.15, -0.1) is 0 Å². The van der Waals surface area contributed by atoms with Gasteiger partial charge in [-0.05, 0) is 74.6 Å². The molecule has 1 saturated carbocycles. The molecule has 20 heavy (non-hydrogen) atoms. The Hall–Kier alpha value is -0.890. The van der Waals surface area contributed by atoms with Crippen LogP contribution in [0.5, 0.6) is 0 Å². The van der Waals surface area contributed by atoms with Crippen molar-refractivity contribution in [3.8, 4) is 0 Å². The molecule has 2 rings (SSSR count). The maximum atomic E-state index is 4.53. The summed E-state index contributed by atoms with van der Waals surface area (Å²) in [5, 5.41) is 3.39. The van der Waals surface area contributed by atoms with Gasteiger partial charge in [-0.1, -0.05) is 26.8 Å². The van der Waals surface area contributed by atoms with Gasteiger partial charge in [0.15, 0.2) is 0 Å². The Kier molecular flexibility index (Phi) is 5.20. The Morgan fingerprint density at radius 2 is 2.00 bits per heavy atom. The molecule has 0 bridgehead atoms. The van der Waals surface area contributed by atoms with E-state index in [0.29, 0.717) is 5.41 Å². The molecule has 2 nitrogen and oxygen atoms in total. The lowest BCUT2D eigenvalue weighted by Crippen LogP contribution is -2.36.